The number of urea groups is 1. The van der Waals surface area contributed by atoms with Gasteiger partial charge in [-0.3, -0.25) is 0 Å². The summed E-state index contributed by atoms with van der Waals surface area (Å²) in [5.74, 6) is 0.482. The highest BCUT2D eigenvalue weighted by atomic mass is 16.5. The number of nitrogens with zero attached hydrogens (tertiary/aromatic N) is 1. The summed E-state index contributed by atoms with van der Waals surface area (Å²) >= 11 is 0. The fourth-order valence-electron chi connectivity index (χ4n) is 2.94. The molecular formula is C14H27N3O2. The summed E-state index contributed by atoms with van der Waals surface area (Å²) in [6.45, 7) is 10.4. The summed E-state index contributed by atoms with van der Waals surface area (Å²) < 4.78 is 6.16. The highest BCUT2D eigenvalue weighted by molar-refractivity contribution is 5.74. The van der Waals surface area contributed by atoms with Crippen LogP contribution in [0.5, 0.6) is 0 Å². The first kappa shape index (κ1) is 14.6. The molecule has 0 aromatic carbocycles. The van der Waals surface area contributed by atoms with Gasteiger partial charge in [0.15, 0.2) is 0 Å². The maximum Gasteiger partial charge on any atom is 0.317 e. The minimum absolute atomic E-state index is 0.0572. The zero-order chi connectivity index (χ0) is 13.9. The van der Waals surface area contributed by atoms with Gasteiger partial charge in [-0.15, -0.1) is 0 Å². The van der Waals surface area contributed by atoms with Gasteiger partial charge in [0.1, 0.15) is 0 Å². The van der Waals surface area contributed by atoms with Gasteiger partial charge in [0, 0.05) is 13.1 Å². The Hall–Kier alpha value is -0.810. The van der Waals surface area contributed by atoms with Crippen molar-refractivity contribution in [3.63, 3.8) is 0 Å². The predicted molar refractivity (Wildman–Crippen MR) is 75.2 cm³/mol. The lowest BCUT2D eigenvalue weighted by molar-refractivity contribution is -0.150. The third-order valence-electron chi connectivity index (χ3n) is 3.87. The van der Waals surface area contributed by atoms with Crippen LogP contribution in [0.3, 0.4) is 0 Å². The van der Waals surface area contributed by atoms with Crippen LogP contribution < -0.4 is 10.6 Å². The number of hydrogen-bond acceptors (Lipinski definition) is 3. The van der Waals surface area contributed by atoms with Gasteiger partial charge in [0.05, 0.1) is 18.2 Å². The Morgan fingerprint density at radius 3 is 2.79 bits per heavy atom. The highest BCUT2D eigenvalue weighted by Gasteiger charge is 2.41. The molecule has 0 aromatic rings. The highest BCUT2D eigenvalue weighted by Crippen LogP contribution is 2.30. The fraction of sp³-hybridized carbons (Fsp3) is 0.929. The van der Waals surface area contributed by atoms with E-state index in [-0.39, 0.29) is 17.7 Å². The molecule has 1 spiro atoms. The van der Waals surface area contributed by atoms with Crippen molar-refractivity contribution in [2.45, 2.75) is 45.3 Å². The van der Waals surface area contributed by atoms with Gasteiger partial charge in [-0.05, 0) is 38.8 Å². The third-order valence-corrected chi connectivity index (χ3v) is 3.87. The number of piperidine rings is 1. The van der Waals surface area contributed by atoms with E-state index in [9.17, 15) is 4.79 Å². The molecular weight excluding hydrogens is 242 g/mol. The molecule has 2 rings (SSSR count). The molecule has 2 heterocycles. The Morgan fingerprint density at radius 2 is 2.16 bits per heavy atom. The van der Waals surface area contributed by atoms with Crippen LogP contribution in [-0.4, -0.2) is 55.4 Å². The maximum atomic E-state index is 12.2. The van der Waals surface area contributed by atoms with E-state index in [4.69, 9.17) is 4.74 Å². The van der Waals surface area contributed by atoms with Crippen molar-refractivity contribution >= 4 is 6.03 Å². The van der Waals surface area contributed by atoms with E-state index in [0.29, 0.717) is 12.5 Å². The average molecular weight is 269 g/mol. The Kier molecular flexibility index (Phi) is 4.68. The van der Waals surface area contributed by atoms with E-state index in [0.717, 1.165) is 39.0 Å². The zero-order valence-corrected chi connectivity index (χ0v) is 12.4. The number of rotatable bonds is 2. The minimum Gasteiger partial charge on any atom is -0.368 e. The van der Waals surface area contributed by atoms with Crippen molar-refractivity contribution < 1.29 is 9.53 Å². The summed E-state index contributed by atoms with van der Waals surface area (Å²) in [5.41, 5.74) is -0.127. The normalized spacial score (nSPS) is 26.7. The summed E-state index contributed by atoms with van der Waals surface area (Å²) in [5, 5.41) is 6.37. The molecule has 0 bridgehead atoms. The quantitative estimate of drug-likeness (QED) is 0.792. The first-order valence-corrected chi connectivity index (χ1v) is 7.42. The van der Waals surface area contributed by atoms with Gasteiger partial charge in [0.2, 0.25) is 0 Å². The van der Waals surface area contributed by atoms with E-state index in [1.54, 1.807) is 0 Å². The second-order valence-electron chi connectivity index (χ2n) is 6.32. The lowest BCUT2D eigenvalue weighted by Gasteiger charge is -2.47. The maximum absolute atomic E-state index is 12.2. The molecule has 0 aliphatic carbocycles. The summed E-state index contributed by atoms with van der Waals surface area (Å²) in [4.78, 5) is 14.2. The number of amides is 2. The van der Waals surface area contributed by atoms with Crippen molar-refractivity contribution in [3.8, 4) is 0 Å². The molecule has 19 heavy (non-hydrogen) atoms. The second-order valence-corrected chi connectivity index (χ2v) is 6.32. The van der Waals surface area contributed by atoms with Crippen molar-refractivity contribution in [1.82, 2.24) is 15.5 Å². The van der Waals surface area contributed by atoms with Crippen molar-refractivity contribution in [2.24, 2.45) is 5.92 Å². The van der Waals surface area contributed by atoms with Crippen LogP contribution in [0.2, 0.25) is 0 Å². The van der Waals surface area contributed by atoms with Gasteiger partial charge in [-0.25, -0.2) is 4.79 Å². The average Bonchev–Trinajstić information content (AvgIpc) is 2.35. The molecule has 5 heteroatoms. The third kappa shape index (κ3) is 3.83. The lowest BCUT2D eigenvalue weighted by atomic mass is 9.89. The van der Waals surface area contributed by atoms with Crippen LogP contribution in [0.25, 0.3) is 0 Å². The van der Waals surface area contributed by atoms with E-state index in [1.165, 1.54) is 0 Å². The Labute approximate surface area is 116 Å². The van der Waals surface area contributed by atoms with Crippen LogP contribution in [0, 0.1) is 5.92 Å². The molecule has 1 atom stereocenters. The number of ether oxygens (including phenoxy) is 1. The molecule has 0 radical (unpaired) electrons. The topological polar surface area (TPSA) is 53.6 Å². The lowest BCUT2D eigenvalue weighted by Crippen LogP contribution is -2.61. The fourth-order valence-corrected chi connectivity index (χ4v) is 2.94. The summed E-state index contributed by atoms with van der Waals surface area (Å²) in [6, 6.07) is 0.0572. The first-order chi connectivity index (χ1) is 9.01. The van der Waals surface area contributed by atoms with Crippen LogP contribution in [-0.2, 0) is 4.74 Å². The summed E-state index contributed by atoms with van der Waals surface area (Å²) in [6.07, 6.45) is 2.10. The Bertz CT molecular complexity index is 314. The van der Waals surface area contributed by atoms with Crippen molar-refractivity contribution in [3.05, 3.63) is 0 Å². The van der Waals surface area contributed by atoms with E-state index >= 15 is 0 Å². The molecule has 2 aliphatic rings. The van der Waals surface area contributed by atoms with Gasteiger partial charge >= 0.3 is 6.03 Å². The minimum atomic E-state index is -0.127. The van der Waals surface area contributed by atoms with Crippen LogP contribution in [0.15, 0.2) is 0 Å². The molecule has 2 saturated heterocycles. The van der Waals surface area contributed by atoms with E-state index < -0.39 is 0 Å². The molecule has 2 N–H and O–H groups in total. The van der Waals surface area contributed by atoms with Crippen molar-refractivity contribution in [2.75, 3.05) is 32.7 Å². The standard InChI is InChI=1S/C14H27N3O2/c1-11(2)8-16-13(18)17-9-12(3)19-14(10-17)4-6-15-7-5-14/h11-12,15H,4-10H2,1-3H3,(H,16,18). The van der Waals surface area contributed by atoms with E-state index in [2.05, 4.69) is 31.4 Å². The van der Waals surface area contributed by atoms with E-state index in [1.807, 2.05) is 4.90 Å². The van der Waals surface area contributed by atoms with Gasteiger partial charge in [-0.1, -0.05) is 13.8 Å². The Morgan fingerprint density at radius 1 is 1.47 bits per heavy atom. The first-order valence-electron chi connectivity index (χ1n) is 7.42. The summed E-state index contributed by atoms with van der Waals surface area (Å²) in [7, 11) is 0. The number of carbonyl (C=O) groups excluding carboxylic acids is 1. The van der Waals surface area contributed by atoms with Gasteiger partial charge < -0.3 is 20.3 Å². The number of nitrogens with one attached hydrogen (secondary N) is 2. The molecule has 2 fully saturated rings. The van der Waals surface area contributed by atoms with Crippen LogP contribution in [0.1, 0.15) is 33.6 Å². The number of morpholine rings is 1. The number of carbonyl (C=O) groups is 1. The van der Waals surface area contributed by atoms with Crippen LogP contribution in [0.4, 0.5) is 4.79 Å². The smallest absolute Gasteiger partial charge is 0.317 e. The van der Waals surface area contributed by atoms with Gasteiger partial charge in [0.25, 0.3) is 0 Å². The van der Waals surface area contributed by atoms with Gasteiger partial charge in [-0.2, -0.15) is 0 Å². The van der Waals surface area contributed by atoms with Crippen LogP contribution >= 0.6 is 0 Å². The largest absolute Gasteiger partial charge is 0.368 e. The molecule has 5 nitrogen and oxygen atoms in total. The Balaban J connectivity index is 1.95. The molecule has 1 unspecified atom stereocenters. The van der Waals surface area contributed by atoms with Crippen molar-refractivity contribution in [1.29, 1.82) is 0 Å². The molecule has 2 aliphatic heterocycles. The molecule has 0 aromatic heterocycles. The number of hydrogen-bond donors (Lipinski definition) is 2. The zero-order valence-electron chi connectivity index (χ0n) is 12.4. The molecule has 110 valence electrons. The second kappa shape index (κ2) is 6.09. The predicted octanol–water partition coefficient (Wildman–Crippen LogP) is 1.19. The molecule has 2 amide bonds. The SMILES string of the molecule is CC(C)CNC(=O)N1CC(C)OC2(CCNCC2)C1. The molecule has 0 saturated carbocycles. The monoisotopic (exact) mass is 269 g/mol.